The lowest BCUT2D eigenvalue weighted by Gasteiger charge is -2.28. The molecule has 1 aromatic heterocycles. The Balaban J connectivity index is 1.78. The van der Waals surface area contributed by atoms with Crippen molar-refractivity contribution in [2.75, 3.05) is 6.54 Å². The van der Waals surface area contributed by atoms with Crippen LogP contribution in [0.5, 0.6) is 0 Å². The first kappa shape index (κ1) is 18.5. The van der Waals surface area contributed by atoms with Crippen molar-refractivity contribution >= 4 is 22.9 Å². The first-order valence-corrected chi connectivity index (χ1v) is 9.57. The van der Waals surface area contributed by atoms with Crippen molar-refractivity contribution in [2.24, 2.45) is 0 Å². The minimum atomic E-state index is -0.443. The summed E-state index contributed by atoms with van der Waals surface area (Å²) in [7, 11) is 0. The van der Waals surface area contributed by atoms with Gasteiger partial charge in [0.15, 0.2) is 0 Å². The van der Waals surface area contributed by atoms with Gasteiger partial charge in [0.05, 0.1) is 14.7 Å². The second-order valence-corrected chi connectivity index (χ2v) is 7.88. The number of nitro groups is 1. The van der Waals surface area contributed by atoms with E-state index in [0.29, 0.717) is 22.7 Å². The molecule has 138 valence electrons. The van der Waals surface area contributed by atoms with Crippen molar-refractivity contribution < 1.29 is 14.1 Å². The molecular formula is C19H21FN2O3S. The molecule has 1 fully saturated rings. The Kier molecular flexibility index (Phi) is 5.66. The highest BCUT2D eigenvalue weighted by Gasteiger charge is 2.30. The summed E-state index contributed by atoms with van der Waals surface area (Å²) in [6, 6.07) is 7.86. The molecule has 0 bridgehead atoms. The molecule has 1 amide bonds. The summed E-state index contributed by atoms with van der Waals surface area (Å²) in [5.41, 5.74) is 0.971. The lowest BCUT2D eigenvalue weighted by molar-refractivity contribution is -0.385. The smallest absolute Gasteiger partial charge is 0.283 e. The third-order valence-electron chi connectivity index (χ3n) is 4.88. The van der Waals surface area contributed by atoms with Crippen molar-refractivity contribution in [3.63, 3.8) is 0 Å². The van der Waals surface area contributed by atoms with E-state index in [0.717, 1.165) is 31.2 Å². The van der Waals surface area contributed by atoms with Crippen molar-refractivity contribution in [2.45, 2.75) is 45.1 Å². The fourth-order valence-corrected chi connectivity index (χ4v) is 4.41. The van der Waals surface area contributed by atoms with Crippen LogP contribution in [0.15, 0.2) is 30.3 Å². The van der Waals surface area contributed by atoms with Crippen LogP contribution in [0.1, 0.15) is 45.8 Å². The molecule has 1 aliphatic rings. The van der Waals surface area contributed by atoms with Crippen LogP contribution in [0, 0.1) is 22.9 Å². The van der Waals surface area contributed by atoms with E-state index in [2.05, 4.69) is 0 Å². The number of hydrogen-bond donors (Lipinski definition) is 0. The Labute approximate surface area is 155 Å². The summed E-state index contributed by atoms with van der Waals surface area (Å²) >= 11 is 1.18. The van der Waals surface area contributed by atoms with E-state index in [1.807, 2.05) is 4.90 Å². The van der Waals surface area contributed by atoms with Crippen LogP contribution in [0.3, 0.4) is 0 Å². The Morgan fingerprint density at radius 1 is 1.31 bits per heavy atom. The van der Waals surface area contributed by atoms with Crippen molar-refractivity contribution in [1.82, 2.24) is 4.90 Å². The van der Waals surface area contributed by atoms with Gasteiger partial charge in [-0.05, 0) is 43.9 Å². The Hall–Kier alpha value is -2.28. The minimum Gasteiger partial charge on any atom is -0.335 e. The Morgan fingerprint density at radius 3 is 2.54 bits per heavy atom. The number of rotatable bonds is 6. The lowest BCUT2D eigenvalue weighted by Crippen LogP contribution is -2.40. The molecule has 0 unspecified atom stereocenters. The molecular weight excluding hydrogens is 355 g/mol. The van der Waals surface area contributed by atoms with E-state index in [-0.39, 0.29) is 23.5 Å². The van der Waals surface area contributed by atoms with Gasteiger partial charge in [-0.3, -0.25) is 14.9 Å². The number of amides is 1. The average Bonchev–Trinajstić information content (AvgIpc) is 3.26. The molecule has 1 heterocycles. The SMILES string of the molecule is Cc1sc(C(=O)N(CCc2ccc(F)cc2)C2CCCC2)cc1[N+](=O)[O-]. The van der Waals surface area contributed by atoms with Gasteiger partial charge in [-0.15, -0.1) is 11.3 Å². The maximum absolute atomic E-state index is 13.1. The van der Waals surface area contributed by atoms with E-state index >= 15 is 0 Å². The van der Waals surface area contributed by atoms with Gasteiger partial charge in [0.25, 0.3) is 11.6 Å². The molecule has 0 saturated heterocycles. The number of carbonyl (C=O) groups excluding carboxylic acids is 1. The van der Waals surface area contributed by atoms with Gasteiger partial charge in [-0.1, -0.05) is 25.0 Å². The van der Waals surface area contributed by atoms with Crippen molar-refractivity contribution in [3.8, 4) is 0 Å². The standard InChI is InChI=1S/C19H21FN2O3S/c1-13-17(22(24)25)12-18(26-13)19(23)21(16-4-2-3-5-16)11-10-14-6-8-15(20)9-7-14/h6-9,12,16H,2-5,10-11H2,1H3. The van der Waals surface area contributed by atoms with Gasteiger partial charge in [0.2, 0.25) is 0 Å². The molecule has 3 rings (SSSR count). The third kappa shape index (κ3) is 4.09. The first-order valence-electron chi connectivity index (χ1n) is 8.76. The van der Waals surface area contributed by atoms with Crippen LogP contribution in [-0.2, 0) is 6.42 Å². The molecule has 1 saturated carbocycles. The summed E-state index contributed by atoms with van der Waals surface area (Å²) < 4.78 is 13.1. The quantitative estimate of drug-likeness (QED) is 0.541. The molecule has 0 aliphatic heterocycles. The van der Waals surface area contributed by atoms with Crippen molar-refractivity contribution in [1.29, 1.82) is 0 Å². The molecule has 5 nitrogen and oxygen atoms in total. The predicted molar refractivity (Wildman–Crippen MR) is 99.1 cm³/mol. The van der Waals surface area contributed by atoms with Crippen LogP contribution in [0.25, 0.3) is 0 Å². The summed E-state index contributed by atoms with van der Waals surface area (Å²) in [4.78, 5) is 26.5. The Bertz CT molecular complexity index is 798. The molecule has 2 aromatic rings. The highest BCUT2D eigenvalue weighted by Crippen LogP contribution is 2.31. The van der Waals surface area contributed by atoms with Crippen LogP contribution < -0.4 is 0 Å². The zero-order valence-corrected chi connectivity index (χ0v) is 15.4. The predicted octanol–water partition coefficient (Wildman–Crippen LogP) is 4.73. The molecule has 0 spiro atoms. The van der Waals surface area contributed by atoms with Crippen LogP contribution >= 0.6 is 11.3 Å². The number of carbonyl (C=O) groups is 1. The third-order valence-corrected chi connectivity index (χ3v) is 5.91. The van der Waals surface area contributed by atoms with Gasteiger partial charge >= 0.3 is 0 Å². The van der Waals surface area contributed by atoms with Gasteiger partial charge < -0.3 is 4.90 Å². The summed E-state index contributed by atoms with van der Waals surface area (Å²) in [5, 5.41) is 11.1. The van der Waals surface area contributed by atoms with Gasteiger partial charge in [-0.2, -0.15) is 0 Å². The lowest BCUT2D eigenvalue weighted by atomic mass is 10.1. The fourth-order valence-electron chi connectivity index (χ4n) is 3.47. The van der Waals surface area contributed by atoms with E-state index in [1.54, 1.807) is 19.1 Å². The van der Waals surface area contributed by atoms with Crippen molar-refractivity contribution in [3.05, 3.63) is 61.6 Å². The molecule has 1 aromatic carbocycles. The van der Waals surface area contributed by atoms with Gasteiger partial charge in [0, 0.05) is 18.7 Å². The van der Waals surface area contributed by atoms with Gasteiger partial charge in [0.1, 0.15) is 5.82 Å². The van der Waals surface area contributed by atoms with Crippen LogP contribution in [0.2, 0.25) is 0 Å². The van der Waals surface area contributed by atoms with Crippen LogP contribution in [-0.4, -0.2) is 28.3 Å². The number of halogens is 1. The minimum absolute atomic E-state index is 0.00302. The zero-order chi connectivity index (χ0) is 18.7. The van der Waals surface area contributed by atoms with Gasteiger partial charge in [-0.25, -0.2) is 4.39 Å². The molecule has 7 heteroatoms. The monoisotopic (exact) mass is 376 g/mol. The summed E-state index contributed by atoms with van der Waals surface area (Å²) in [6.45, 7) is 2.19. The molecule has 26 heavy (non-hydrogen) atoms. The number of thiophene rings is 1. The zero-order valence-electron chi connectivity index (χ0n) is 14.6. The highest BCUT2D eigenvalue weighted by atomic mass is 32.1. The summed E-state index contributed by atoms with van der Waals surface area (Å²) in [5.74, 6) is -0.418. The maximum Gasteiger partial charge on any atom is 0.283 e. The fraction of sp³-hybridized carbons (Fsp3) is 0.421. The average molecular weight is 376 g/mol. The van der Waals surface area contributed by atoms with E-state index < -0.39 is 4.92 Å². The molecule has 0 atom stereocenters. The largest absolute Gasteiger partial charge is 0.335 e. The Morgan fingerprint density at radius 2 is 1.96 bits per heavy atom. The number of benzene rings is 1. The van der Waals surface area contributed by atoms with E-state index in [4.69, 9.17) is 0 Å². The normalized spacial score (nSPS) is 14.5. The second-order valence-electron chi connectivity index (χ2n) is 6.62. The summed E-state index contributed by atoms with van der Waals surface area (Å²) in [6.07, 6.45) is 4.74. The number of aryl methyl sites for hydroxylation is 1. The molecule has 1 aliphatic carbocycles. The topological polar surface area (TPSA) is 63.5 Å². The number of nitrogens with zero attached hydrogens (tertiary/aromatic N) is 2. The van der Waals surface area contributed by atoms with E-state index in [9.17, 15) is 19.3 Å². The number of hydrogen-bond acceptors (Lipinski definition) is 4. The van der Waals surface area contributed by atoms with E-state index in [1.165, 1.54) is 29.5 Å². The highest BCUT2D eigenvalue weighted by molar-refractivity contribution is 7.14. The second kappa shape index (κ2) is 7.95. The molecule has 0 radical (unpaired) electrons. The van der Waals surface area contributed by atoms with Crippen LogP contribution in [0.4, 0.5) is 10.1 Å². The maximum atomic E-state index is 13.1. The first-order chi connectivity index (χ1) is 12.5. The molecule has 0 N–H and O–H groups in total.